The molecule has 2 aliphatic carbocycles. The zero-order chi connectivity index (χ0) is 42.9. The number of H-pyrrole nitrogens is 2. The van der Waals surface area contributed by atoms with Crippen LogP contribution in [0.4, 0.5) is 0 Å². The number of hydrogen-bond donors (Lipinski definition) is 4. The van der Waals surface area contributed by atoms with Crippen molar-refractivity contribution in [3.63, 3.8) is 0 Å². The van der Waals surface area contributed by atoms with Crippen molar-refractivity contribution < 1.29 is 0 Å². The van der Waals surface area contributed by atoms with Crippen LogP contribution in [0.5, 0.6) is 0 Å². The maximum Gasteiger partial charge on any atom is 0.0503 e. The summed E-state index contributed by atoms with van der Waals surface area (Å²) in [5.74, 6) is 0. The van der Waals surface area contributed by atoms with Crippen molar-refractivity contribution in [1.82, 2.24) is 9.97 Å². The molecule has 9 rings (SSSR count). The van der Waals surface area contributed by atoms with E-state index in [4.69, 9.17) is 11.1 Å². The molecule has 2 aromatic heterocycles. The van der Waals surface area contributed by atoms with Crippen molar-refractivity contribution in [1.29, 1.82) is 5.41 Å². The Balaban J connectivity index is 0.000000410. The fourth-order valence-electron chi connectivity index (χ4n) is 8.61. The van der Waals surface area contributed by atoms with Crippen molar-refractivity contribution in [2.75, 3.05) is 0 Å². The third-order valence-electron chi connectivity index (χ3n) is 11.1. The van der Waals surface area contributed by atoms with E-state index >= 15 is 0 Å². The Bertz CT molecular complexity index is 2790. The molecule has 0 unspecified atom stereocenters. The maximum atomic E-state index is 6.08. The fraction of sp³-hybridized carbons (Fsp3) is 0.196. The molecule has 304 valence electrons. The van der Waals surface area contributed by atoms with Crippen LogP contribution in [0.25, 0.3) is 72.7 Å². The van der Waals surface area contributed by atoms with Gasteiger partial charge >= 0.3 is 0 Å². The molecule has 0 saturated carbocycles. The fourth-order valence-corrected chi connectivity index (χ4v) is 8.61. The summed E-state index contributed by atoms with van der Waals surface area (Å²) in [6, 6.07) is 30.1. The van der Waals surface area contributed by atoms with E-state index in [0.29, 0.717) is 0 Å². The summed E-state index contributed by atoms with van der Waals surface area (Å²) in [4.78, 5) is 7.75. The lowest BCUT2D eigenvalue weighted by Crippen LogP contribution is -2.06. The second-order valence-electron chi connectivity index (χ2n) is 16.0. The van der Waals surface area contributed by atoms with Gasteiger partial charge in [-0.2, -0.15) is 0 Å². The summed E-state index contributed by atoms with van der Waals surface area (Å²) in [5, 5.41) is 10.1. The van der Waals surface area contributed by atoms with Gasteiger partial charge in [0, 0.05) is 38.4 Å². The monoisotopic (exact) mass is 788 g/mol. The molecular formula is C56H60N4. The van der Waals surface area contributed by atoms with Crippen LogP contribution >= 0.6 is 0 Å². The Kier molecular flexibility index (Phi) is 13.9. The molecule has 0 amide bonds. The second-order valence-corrected chi connectivity index (χ2v) is 16.0. The molecule has 2 heterocycles. The standard InChI is InChI=1S/C45H40N2.C5H9N.C4H6.C2H5N/c1-25-6-7-32-23-41-39-22-31(35-18-28(4)15-29(5)19-35)10-13-43(39)47-45(41)36-11-8-33(24-37(32)36)44-40(20-25)38-21-30(9-12-42(38)46-44)34-16-26(2)14-27(3)17-34;1-2-3-4-5-6;1-3-4-2;1-2-3/h9-10,12-24,46-47H,6-8,11H2,1-5H3;2-5H,6H2,1H3;3-4H,1-2H2;2-3H,1H3/b25-20+;3-2-,5-4-;;. The Labute approximate surface area is 357 Å². The highest BCUT2D eigenvalue weighted by Gasteiger charge is 2.24. The summed E-state index contributed by atoms with van der Waals surface area (Å²) < 4.78 is 0. The molecule has 0 fully saturated rings. The molecule has 2 bridgehead atoms. The lowest BCUT2D eigenvalue weighted by atomic mass is 9.83. The van der Waals surface area contributed by atoms with E-state index in [1.54, 1.807) is 25.2 Å². The molecule has 0 aliphatic heterocycles. The number of nitrogens with two attached hydrogens (primary N) is 1. The third-order valence-corrected chi connectivity index (χ3v) is 11.1. The van der Waals surface area contributed by atoms with E-state index in [9.17, 15) is 0 Å². The maximum absolute atomic E-state index is 6.08. The predicted octanol–water partition coefficient (Wildman–Crippen LogP) is 15.3. The zero-order valence-electron chi connectivity index (χ0n) is 36.5. The summed E-state index contributed by atoms with van der Waals surface area (Å²) in [5.41, 5.74) is 28.9. The third kappa shape index (κ3) is 9.45. The van der Waals surface area contributed by atoms with E-state index in [1.807, 2.05) is 19.1 Å². The highest BCUT2D eigenvalue weighted by Crippen LogP contribution is 2.43. The highest BCUT2D eigenvalue weighted by atomic mass is 14.7. The van der Waals surface area contributed by atoms with Crippen LogP contribution in [0, 0.1) is 33.1 Å². The lowest BCUT2D eigenvalue weighted by Gasteiger charge is -2.22. The van der Waals surface area contributed by atoms with Crippen LogP contribution < -0.4 is 5.73 Å². The first-order valence-electron chi connectivity index (χ1n) is 21.0. The smallest absolute Gasteiger partial charge is 0.0503 e. The minimum Gasteiger partial charge on any atom is -0.405 e. The number of hydrogen-bond acceptors (Lipinski definition) is 2. The van der Waals surface area contributed by atoms with Crippen LogP contribution in [-0.2, 0) is 12.8 Å². The van der Waals surface area contributed by atoms with Gasteiger partial charge in [-0.1, -0.05) is 120 Å². The number of fused-ring (bicyclic) bond motifs is 8. The summed E-state index contributed by atoms with van der Waals surface area (Å²) in [6.45, 7) is 21.4. The lowest BCUT2D eigenvalue weighted by molar-refractivity contribution is 0.927. The predicted molar refractivity (Wildman–Crippen MR) is 265 cm³/mol. The first kappa shape index (κ1) is 42.9. The summed E-state index contributed by atoms with van der Waals surface area (Å²) in [6.07, 6.45) is 20.7. The van der Waals surface area contributed by atoms with Crippen LogP contribution in [0.2, 0.25) is 0 Å². The van der Waals surface area contributed by atoms with Crippen molar-refractivity contribution in [3.05, 3.63) is 184 Å². The van der Waals surface area contributed by atoms with Crippen molar-refractivity contribution in [2.45, 2.75) is 74.1 Å². The first-order valence-corrected chi connectivity index (χ1v) is 21.0. The second kappa shape index (κ2) is 19.4. The number of benzene rings is 5. The molecule has 2 aliphatic rings. The van der Waals surface area contributed by atoms with Gasteiger partial charge in [-0.15, -0.1) is 0 Å². The Morgan fingerprint density at radius 3 is 1.68 bits per heavy atom. The molecule has 4 heteroatoms. The van der Waals surface area contributed by atoms with Gasteiger partial charge in [0.15, 0.2) is 0 Å². The number of aromatic amines is 2. The largest absolute Gasteiger partial charge is 0.405 e. The topological polar surface area (TPSA) is 81.4 Å². The molecule has 0 atom stereocenters. The average molecular weight is 789 g/mol. The van der Waals surface area contributed by atoms with E-state index in [2.05, 4.69) is 149 Å². The summed E-state index contributed by atoms with van der Waals surface area (Å²) in [7, 11) is 0. The molecule has 7 aromatic rings. The van der Waals surface area contributed by atoms with Gasteiger partial charge in [-0.05, 0) is 174 Å². The zero-order valence-corrected chi connectivity index (χ0v) is 36.5. The molecule has 60 heavy (non-hydrogen) atoms. The van der Waals surface area contributed by atoms with E-state index in [-0.39, 0.29) is 0 Å². The van der Waals surface area contributed by atoms with Gasteiger partial charge in [-0.3, -0.25) is 0 Å². The van der Waals surface area contributed by atoms with E-state index < -0.39 is 0 Å². The van der Waals surface area contributed by atoms with Crippen molar-refractivity contribution in [2.24, 2.45) is 5.73 Å². The van der Waals surface area contributed by atoms with Crippen molar-refractivity contribution >= 4 is 56.6 Å². The minimum absolute atomic E-state index is 1.02. The average Bonchev–Trinajstić information content (AvgIpc) is 3.79. The van der Waals surface area contributed by atoms with Gasteiger partial charge in [0.1, 0.15) is 0 Å². The highest BCUT2D eigenvalue weighted by molar-refractivity contribution is 6.11. The quantitative estimate of drug-likeness (QED) is 0.104. The minimum atomic E-state index is 1.02. The number of aromatic nitrogens is 2. The van der Waals surface area contributed by atoms with Crippen LogP contribution in [0.3, 0.4) is 0 Å². The normalized spacial score (nSPS) is 13.8. The van der Waals surface area contributed by atoms with E-state index in [1.165, 1.54) is 129 Å². The van der Waals surface area contributed by atoms with Crippen LogP contribution in [0.15, 0.2) is 134 Å². The number of aryl methyl sites for hydroxylation is 6. The van der Waals surface area contributed by atoms with Crippen molar-refractivity contribution in [3.8, 4) is 22.3 Å². The molecular weight excluding hydrogens is 729 g/mol. The van der Waals surface area contributed by atoms with E-state index in [0.717, 1.165) is 25.7 Å². The van der Waals surface area contributed by atoms with Gasteiger partial charge in [-0.25, -0.2) is 0 Å². The molecule has 5 aromatic carbocycles. The van der Waals surface area contributed by atoms with Gasteiger partial charge in [0.2, 0.25) is 0 Å². The van der Waals surface area contributed by atoms with Gasteiger partial charge in [0.25, 0.3) is 0 Å². The number of rotatable bonds is 4. The molecule has 0 radical (unpaired) electrons. The number of allylic oxidation sites excluding steroid dienone is 7. The Morgan fingerprint density at radius 1 is 0.583 bits per heavy atom. The summed E-state index contributed by atoms with van der Waals surface area (Å²) >= 11 is 0. The molecule has 0 spiro atoms. The SMILES string of the molecule is C/C1=C\c2c([nH]c3ccc(-c4cc(C)cc(C)c4)cc23)C2=Cc3c(cc4c([nH]c5ccc(-c6cc(C)cc(C)c6)cc54)c3CC2)CC1.C/C=C\C=C/N.C=CC=C.CC=N. The van der Waals surface area contributed by atoms with Gasteiger partial charge < -0.3 is 21.1 Å². The molecule has 4 nitrogen and oxygen atoms in total. The number of nitrogens with one attached hydrogen (secondary N) is 3. The first-order chi connectivity index (χ1) is 29.0. The van der Waals surface area contributed by atoms with Gasteiger partial charge in [0.05, 0.1) is 5.52 Å². The Morgan fingerprint density at radius 2 is 1.15 bits per heavy atom. The molecule has 5 N–H and O–H groups in total. The Hall–Kier alpha value is -6.65. The molecule has 0 saturated heterocycles. The van der Waals surface area contributed by atoms with Crippen LogP contribution in [0.1, 0.15) is 83.8 Å². The van der Waals surface area contributed by atoms with Crippen LogP contribution in [-0.4, -0.2) is 16.2 Å².